The quantitative estimate of drug-likeness (QED) is 0.131. The number of rotatable bonds is 4. The lowest BCUT2D eigenvalue weighted by Gasteiger charge is -2.51. The minimum Gasteiger partial charge on any atom is -0.365 e. The van der Waals surface area contributed by atoms with Crippen LogP contribution in [0, 0.1) is 17.3 Å². The van der Waals surface area contributed by atoms with Crippen molar-refractivity contribution in [2.24, 2.45) is 17.3 Å². The highest BCUT2D eigenvalue weighted by molar-refractivity contribution is 6.26. The zero-order valence-corrected chi connectivity index (χ0v) is 34.4. The lowest BCUT2D eigenvalue weighted by molar-refractivity contribution is 0.0734. The van der Waals surface area contributed by atoms with E-state index in [2.05, 4.69) is 197 Å². The maximum Gasteiger partial charge on any atom is 0.0543 e. The molecule has 0 aromatic heterocycles. The Morgan fingerprint density at radius 1 is 0.632 bits per heavy atom. The maximum absolute atomic E-state index is 2.70. The van der Waals surface area contributed by atoms with Gasteiger partial charge in [-0.15, -0.1) is 0 Å². The Hall–Kier alpha value is -5.34. The van der Waals surface area contributed by atoms with E-state index < -0.39 is 0 Å². The molecule has 0 bridgehead atoms. The van der Waals surface area contributed by atoms with Crippen LogP contribution in [0.4, 0.5) is 11.4 Å². The molecule has 0 N–H and O–H groups in total. The van der Waals surface area contributed by atoms with Gasteiger partial charge in [0.2, 0.25) is 0 Å². The number of allylic oxidation sites excluding steroid dienone is 5. The summed E-state index contributed by atoms with van der Waals surface area (Å²) in [6.45, 7) is 16.7. The van der Waals surface area contributed by atoms with Crippen molar-refractivity contribution in [1.29, 1.82) is 0 Å². The SMILES string of the molecule is CC1(C)CCN(c2ccc3ccc4c(/C=C/c5ccc6c(c5)C(C)(C)C5C=C(N7CCC(C)(C)C8C=CC=CC87)C=CC65)ccc5ccc2c3c54)c2ccccc21. The first-order valence-corrected chi connectivity index (χ1v) is 21.4. The van der Waals surface area contributed by atoms with Crippen LogP contribution in [0.2, 0.25) is 0 Å². The minimum atomic E-state index is 0.0337. The molecule has 284 valence electrons. The molecule has 11 rings (SSSR count). The van der Waals surface area contributed by atoms with Gasteiger partial charge in [0.25, 0.3) is 0 Å². The molecule has 2 heteroatoms. The molecule has 2 nitrogen and oxygen atoms in total. The highest BCUT2D eigenvalue weighted by Crippen LogP contribution is 2.55. The van der Waals surface area contributed by atoms with Crippen LogP contribution in [-0.2, 0) is 10.8 Å². The summed E-state index contributed by atoms with van der Waals surface area (Å²) in [4.78, 5) is 5.26. The van der Waals surface area contributed by atoms with Gasteiger partial charge >= 0.3 is 0 Å². The van der Waals surface area contributed by atoms with Crippen molar-refractivity contribution in [2.45, 2.75) is 77.2 Å². The number of hydrogen-bond acceptors (Lipinski definition) is 2. The highest BCUT2D eigenvalue weighted by Gasteiger charge is 2.47. The molecule has 0 spiro atoms. The van der Waals surface area contributed by atoms with Gasteiger partial charge in [-0.05, 0) is 108 Å². The second kappa shape index (κ2) is 12.3. The third kappa shape index (κ3) is 5.22. The second-order valence-electron chi connectivity index (χ2n) is 19.6. The van der Waals surface area contributed by atoms with E-state index >= 15 is 0 Å². The largest absolute Gasteiger partial charge is 0.365 e. The maximum atomic E-state index is 2.70. The summed E-state index contributed by atoms with van der Waals surface area (Å²) in [7, 11) is 0. The summed E-state index contributed by atoms with van der Waals surface area (Å²) in [5.41, 5.74) is 11.5. The fourth-order valence-corrected chi connectivity index (χ4v) is 11.7. The molecule has 6 aromatic carbocycles. The first-order valence-electron chi connectivity index (χ1n) is 21.4. The Morgan fingerprint density at radius 2 is 1.39 bits per heavy atom. The minimum absolute atomic E-state index is 0.0337. The second-order valence-corrected chi connectivity index (χ2v) is 19.6. The molecule has 4 atom stereocenters. The van der Waals surface area contributed by atoms with E-state index in [1.165, 1.54) is 83.6 Å². The molecule has 57 heavy (non-hydrogen) atoms. The summed E-state index contributed by atoms with van der Waals surface area (Å²) in [5.74, 6) is 1.40. The van der Waals surface area contributed by atoms with Crippen molar-refractivity contribution in [3.63, 3.8) is 0 Å². The Kier molecular flexibility index (Phi) is 7.54. The van der Waals surface area contributed by atoms with E-state index in [0.717, 1.165) is 19.5 Å². The van der Waals surface area contributed by atoms with Gasteiger partial charge in [-0.25, -0.2) is 0 Å². The standard InChI is InChI=1S/C55H54N2/c1-53(2)29-31-56(49-13-9-7-11-44(49)53)39-23-27-42-41-24-16-35(33-46(41)55(5,6)47(42)34-39)15-17-36-18-19-37-21-26-43-48(28-22-38-20-25-40(36)51(37)52(38)43)57-32-30-54(3,4)45-12-8-10-14-50(45)57/h7-28,33-34,42,44,47,49H,29-32H2,1-6H3/b17-15+. The number of anilines is 2. The van der Waals surface area contributed by atoms with Crippen molar-refractivity contribution in [3.8, 4) is 0 Å². The zero-order chi connectivity index (χ0) is 38.8. The van der Waals surface area contributed by atoms with Gasteiger partial charge in [0.05, 0.1) is 6.04 Å². The molecule has 0 radical (unpaired) electrons. The molecular formula is C55H54N2. The molecule has 4 unspecified atom stereocenters. The molecule has 5 aliphatic rings. The number of hydrogen-bond donors (Lipinski definition) is 0. The smallest absolute Gasteiger partial charge is 0.0543 e. The molecule has 6 aromatic rings. The third-order valence-electron chi connectivity index (χ3n) is 15.2. The topological polar surface area (TPSA) is 6.48 Å². The van der Waals surface area contributed by atoms with Gasteiger partial charge in [0, 0.05) is 47.4 Å². The number of para-hydroxylation sites is 1. The van der Waals surface area contributed by atoms with Gasteiger partial charge in [0.1, 0.15) is 0 Å². The van der Waals surface area contributed by atoms with Crippen LogP contribution in [-0.4, -0.2) is 24.0 Å². The molecule has 2 aliphatic heterocycles. The van der Waals surface area contributed by atoms with Gasteiger partial charge in [0.15, 0.2) is 0 Å². The normalized spacial score (nSPS) is 25.3. The Labute approximate surface area is 338 Å². The van der Waals surface area contributed by atoms with Gasteiger partial charge in [-0.2, -0.15) is 0 Å². The first kappa shape index (κ1) is 34.9. The zero-order valence-electron chi connectivity index (χ0n) is 34.4. The summed E-state index contributed by atoms with van der Waals surface area (Å²) in [6, 6.07) is 35.4. The lowest BCUT2D eigenvalue weighted by Crippen LogP contribution is -2.51. The molecule has 0 amide bonds. The fourth-order valence-electron chi connectivity index (χ4n) is 11.7. The average Bonchev–Trinajstić information content (AvgIpc) is 3.44. The van der Waals surface area contributed by atoms with E-state index in [9.17, 15) is 0 Å². The molecule has 1 saturated heterocycles. The van der Waals surface area contributed by atoms with E-state index in [0.29, 0.717) is 29.2 Å². The van der Waals surface area contributed by atoms with Crippen LogP contribution >= 0.6 is 0 Å². The molecular weight excluding hydrogens is 689 g/mol. The van der Waals surface area contributed by atoms with Crippen LogP contribution in [0.1, 0.15) is 88.1 Å². The number of piperidine rings is 1. The molecule has 0 saturated carbocycles. The number of nitrogens with zero attached hydrogens (tertiary/aromatic N) is 2. The van der Waals surface area contributed by atoms with Crippen LogP contribution in [0.3, 0.4) is 0 Å². The van der Waals surface area contributed by atoms with E-state index in [1.54, 1.807) is 0 Å². The van der Waals surface area contributed by atoms with E-state index in [1.807, 2.05) is 0 Å². The predicted octanol–water partition coefficient (Wildman–Crippen LogP) is 13.9. The number of benzene rings is 6. The summed E-state index contributed by atoms with van der Waals surface area (Å²) >= 11 is 0. The number of likely N-dealkylation sites (tertiary alicyclic amines) is 1. The van der Waals surface area contributed by atoms with E-state index in [4.69, 9.17) is 0 Å². The van der Waals surface area contributed by atoms with Gasteiger partial charge < -0.3 is 9.80 Å². The van der Waals surface area contributed by atoms with Crippen LogP contribution in [0.25, 0.3) is 44.5 Å². The van der Waals surface area contributed by atoms with Gasteiger partial charge in [-0.3, -0.25) is 0 Å². The molecule has 2 heterocycles. The van der Waals surface area contributed by atoms with Crippen molar-refractivity contribution < 1.29 is 0 Å². The Balaban J connectivity index is 0.925. The van der Waals surface area contributed by atoms with Crippen LogP contribution < -0.4 is 4.90 Å². The third-order valence-corrected chi connectivity index (χ3v) is 15.2. The van der Waals surface area contributed by atoms with Crippen molar-refractivity contribution in [2.75, 3.05) is 18.0 Å². The van der Waals surface area contributed by atoms with Crippen molar-refractivity contribution >= 4 is 55.8 Å². The van der Waals surface area contributed by atoms with Crippen LogP contribution in [0.15, 0.2) is 139 Å². The van der Waals surface area contributed by atoms with Crippen LogP contribution in [0.5, 0.6) is 0 Å². The summed E-state index contributed by atoms with van der Waals surface area (Å²) in [6.07, 6.45) is 24.0. The molecule has 3 aliphatic carbocycles. The van der Waals surface area contributed by atoms with Gasteiger partial charge in [-0.1, -0.05) is 169 Å². The highest BCUT2D eigenvalue weighted by atomic mass is 15.2. The van der Waals surface area contributed by atoms with Crippen molar-refractivity contribution in [3.05, 3.63) is 167 Å². The number of fused-ring (bicyclic) bond motifs is 5. The Morgan fingerprint density at radius 3 is 2.25 bits per heavy atom. The molecule has 1 fully saturated rings. The fraction of sp³-hybridized carbons (Fsp3) is 0.309. The van der Waals surface area contributed by atoms with E-state index in [-0.39, 0.29) is 10.8 Å². The lowest BCUT2D eigenvalue weighted by atomic mass is 9.67. The average molecular weight is 743 g/mol. The Bertz CT molecular complexity index is 2770. The first-order chi connectivity index (χ1) is 27.5. The van der Waals surface area contributed by atoms with Crippen molar-refractivity contribution in [1.82, 2.24) is 4.90 Å². The summed E-state index contributed by atoms with van der Waals surface area (Å²) in [5, 5.41) is 8.02. The monoisotopic (exact) mass is 742 g/mol. The predicted molar refractivity (Wildman–Crippen MR) is 244 cm³/mol. The summed E-state index contributed by atoms with van der Waals surface area (Å²) < 4.78 is 0.